The standard InChI is InChI=1S/C18H18FN3O3S/c19-14-5-1-4-8-17(14)26(23,24)22-11-9-21(10-12-22)13-18-20-15-6-2-3-7-16(15)25-18/h1-8H,9-13H2/p+1. The van der Waals surface area contributed by atoms with E-state index in [2.05, 4.69) is 4.98 Å². The van der Waals surface area contributed by atoms with Gasteiger partial charge in [-0.05, 0) is 24.3 Å². The van der Waals surface area contributed by atoms with Crippen LogP contribution in [0.2, 0.25) is 0 Å². The summed E-state index contributed by atoms with van der Waals surface area (Å²) in [6, 6.07) is 13.1. The van der Waals surface area contributed by atoms with Crippen LogP contribution in [0.5, 0.6) is 0 Å². The van der Waals surface area contributed by atoms with Crippen LogP contribution in [0.25, 0.3) is 11.1 Å². The Morgan fingerprint density at radius 3 is 2.50 bits per heavy atom. The number of quaternary nitrogens is 1. The molecule has 8 heteroatoms. The predicted octanol–water partition coefficient (Wildman–Crippen LogP) is 1.06. The van der Waals surface area contributed by atoms with E-state index in [9.17, 15) is 12.8 Å². The zero-order valence-electron chi connectivity index (χ0n) is 14.1. The summed E-state index contributed by atoms with van der Waals surface area (Å²) in [5.41, 5.74) is 1.57. The van der Waals surface area contributed by atoms with Crippen molar-refractivity contribution in [2.75, 3.05) is 26.2 Å². The number of nitrogens with one attached hydrogen (secondary N) is 1. The summed E-state index contributed by atoms with van der Waals surface area (Å²) in [5.74, 6) is -0.0691. The van der Waals surface area contributed by atoms with E-state index in [0.717, 1.165) is 11.1 Å². The van der Waals surface area contributed by atoms with Gasteiger partial charge < -0.3 is 9.32 Å². The SMILES string of the molecule is O=S(=O)(c1ccccc1F)N1CC[NH+](Cc2nc3ccccc3o2)CC1. The zero-order valence-corrected chi connectivity index (χ0v) is 14.9. The first-order valence-electron chi connectivity index (χ1n) is 8.47. The molecule has 6 nitrogen and oxygen atoms in total. The smallest absolute Gasteiger partial charge is 0.251 e. The molecule has 1 saturated heterocycles. The molecule has 26 heavy (non-hydrogen) atoms. The second-order valence-electron chi connectivity index (χ2n) is 6.34. The quantitative estimate of drug-likeness (QED) is 0.739. The van der Waals surface area contributed by atoms with E-state index in [1.54, 1.807) is 0 Å². The Balaban J connectivity index is 1.43. The summed E-state index contributed by atoms with van der Waals surface area (Å²) in [6.45, 7) is 2.51. The Morgan fingerprint density at radius 1 is 1.08 bits per heavy atom. The maximum atomic E-state index is 13.9. The fourth-order valence-corrected chi connectivity index (χ4v) is 4.73. The Hall–Kier alpha value is -2.29. The van der Waals surface area contributed by atoms with Gasteiger partial charge in [0.15, 0.2) is 12.1 Å². The van der Waals surface area contributed by atoms with Crippen molar-refractivity contribution in [3.63, 3.8) is 0 Å². The second-order valence-corrected chi connectivity index (χ2v) is 8.24. The molecule has 1 aromatic heterocycles. The number of sulfonamides is 1. The monoisotopic (exact) mass is 376 g/mol. The Morgan fingerprint density at radius 2 is 1.77 bits per heavy atom. The number of benzene rings is 2. The predicted molar refractivity (Wildman–Crippen MR) is 93.6 cm³/mol. The van der Waals surface area contributed by atoms with Gasteiger partial charge in [-0.25, -0.2) is 17.8 Å². The van der Waals surface area contributed by atoms with E-state index in [-0.39, 0.29) is 4.90 Å². The lowest BCUT2D eigenvalue weighted by Crippen LogP contribution is -3.13. The number of rotatable bonds is 4. The van der Waals surface area contributed by atoms with Gasteiger partial charge in [0.25, 0.3) is 5.89 Å². The highest BCUT2D eigenvalue weighted by atomic mass is 32.2. The third kappa shape index (κ3) is 3.23. The first kappa shape index (κ1) is 17.1. The maximum absolute atomic E-state index is 13.9. The van der Waals surface area contributed by atoms with Gasteiger partial charge in [-0.2, -0.15) is 4.31 Å². The minimum absolute atomic E-state index is 0.262. The van der Waals surface area contributed by atoms with Gasteiger partial charge >= 0.3 is 0 Å². The van der Waals surface area contributed by atoms with E-state index in [0.29, 0.717) is 38.6 Å². The molecule has 2 aromatic carbocycles. The molecule has 0 unspecified atom stereocenters. The highest BCUT2D eigenvalue weighted by Gasteiger charge is 2.32. The van der Waals surface area contributed by atoms with E-state index < -0.39 is 15.8 Å². The topological polar surface area (TPSA) is 67.8 Å². The van der Waals surface area contributed by atoms with Crippen molar-refractivity contribution in [1.82, 2.24) is 9.29 Å². The first-order valence-corrected chi connectivity index (χ1v) is 9.91. The number of para-hydroxylation sites is 2. The highest BCUT2D eigenvalue weighted by Crippen LogP contribution is 2.19. The largest absolute Gasteiger partial charge is 0.435 e. The molecule has 2 heterocycles. The number of halogens is 1. The molecule has 0 bridgehead atoms. The molecule has 1 aliphatic heterocycles. The fraction of sp³-hybridized carbons (Fsp3) is 0.278. The number of aromatic nitrogens is 1. The van der Waals surface area contributed by atoms with Gasteiger partial charge in [0.1, 0.15) is 16.2 Å². The van der Waals surface area contributed by atoms with Crippen LogP contribution in [0.3, 0.4) is 0 Å². The molecule has 1 aliphatic rings. The summed E-state index contributed by atoms with van der Waals surface area (Å²) in [7, 11) is -3.80. The summed E-state index contributed by atoms with van der Waals surface area (Å²) >= 11 is 0. The molecule has 1 fully saturated rings. The van der Waals surface area contributed by atoms with E-state index in [4.69, 9.17) is 4.42 Å². The third-order valence-corrected chi connectivity index (χ3v) is 6.56. The summed E-state index contributed by atoms with van der Waals surface area (Å²) in [4.78, 5) is 5.39. The third-order valence-electron chi connectivity index (χ3n) is 4.62. The average molecular weight is 376 g/mol. The zero-order chi connectivity index (χ0) is 18.1. The van der Waals surface area contributed by atoms with Gasteiger partial charge in [-0.1, -0.05) is 24.3 Å². The van der Waals surface area contributed by atoms with Crippen LogP contribution in [0, 0.1) is 5.82 Å². The van der Waals surface area contributed by atoms with E-state index >= 15 is 0 Å². The fourth-order valence-electron chi connectivity index (χ4n) is 3.22. The second kappa shape index (κ2) is 6.79. The number of fused-ring (bicyclic) bond motifs is 1. The van der Waals surface area contributed by atoms with Crippen molar-refractivity contribution in [3.05, 3.63) is 60.2 Å². The summed E-state index contributed by atoms with van der Waals surface area (Å²) in [6.07, 6.45) is 0. The molecular formula is C18H19FN3O3S+. The van der Waals surface area contributed by atoms with Gasteiger partial charge in [-0.3, -0.25) is 0 Å². The van der Waals surface area contributed by atoms with Crippen molar-refractivity contribution in [1.29, 1.82) is 0 Å². The molecule has 0 spiro atoms. The number of piperazine rings is 1. The number of oxazole rings is 1. The molecule has 3 aromatic rings. The van der Waals surface area contributed by atoms with Crippen LogP contribution in [0.4, 0.5) is 4.39 Å². The van der Waals surface area contributed by atoms with Crippen LogP contribution < -0.4 is 4.90 Å². The van der Waals surface area contributed by atoms with Gasteiger partial charge in [0, 0.05) is 0 Å². The Labute approximate surface area is 150 Å². The van der Waals surface area contributed by atoms with Crippen LogP contribution in [-0.4, -0.2) is 43.9 Å². The van der Waals surface area contributed by atoms with Crippen LogP contribution in [0.1, 0.15) is 5.89 Å². The molecule has 0 aliphatic carbocycles. The van der Waals surface area contributed by atoms with Crippen LogP contribution >= 0.6 is 0 Å². The molecule has 136 valence electrons. The number of nitrogens with zero attached hydrogens (tertiary/aromatic N) is 2. The molecule has 0 atom stereocenters. The van der Waals surface area contributed by atoms with Crippen molar-refractivity contribution in [3.8, 4) is 0 Å². The Kier molecular flexibility index (Phi) is 4.47. The summed E-state index contributed by atoms with van der Waals surface area (Å²) < 4.78 is 46.2. The lowest BCUT2D eigenvalue weighted by molar-refractivity contribution is -0.918. The van der Waals surface area contributed by atoms with Crippen LogP contribution in [-0.2, 0) is 16.6 Å². The van der Waals surface area contributed by atoms with Crippen molar-refractivity contribution >= 4 is 21.1 Å². The van der Waals surface area contributed by atoms with Crippen LogP contribution in [0.15, 0.2) is 57.8 Å². The van der Waals surface area contributed by atoms with Gasteiger partial charge in [0.2, 0.25) is 10.0 Å². The maximum Gasteiger partial charge on any atom is 0.251 e. The molecule has 0 amide bonds. The highest BCUT2D eigenvalue weighted by molar-refractivity contribution is 7.89. The Bertz CT molecular complexity index is 994. The van der Waals surface area contributed by atoms with Gasteiger partial charge in [-0.15, -0.1) is 0 Å². The minimum atomic E-state index is -3.80. The van der Waals surface area contributed by atoms with Gasteiger partial charge in [0.05, 0.1) is 26.2 Å². The first-order chi connectivity index (χ1) is 12.5. The van der Waals surface area contributed by atoms with Crippen molar-refractivity contribution < 1.29 is 22.1 Å². The molecule has 0 radical (unpaired) electrons. The molecule has 4 rings (SSSR count). The van der Waals surface area contributed by atoms with Crippen molar-refractivity contribution in [2.45, 2.75) is 11.4 Å². The lowest BCUT2D eigenvalue weighted by Gasteiger charge is -2.30. The number of hydrogen-bond acceptors (Lipinski definition) is 4. The van der Waals surface area contributed by atoms with Crippen molar-refractivity contribution in [2.24, 2.45) is 0 Å². The normalized spacial score (nSPS) is 17.0. The van der Waals surface area contributed by atoms with E-state index in [1.165, 1.54) is 33.5 Å². The number of hydrogen-bond donors (Lipinski definition) is 1. The van der Waals surface area contributed by atoms with E-state index in [1.807, 2.05) is 24.3 Å². The lowest BCUT2D eigenvalue weighted by atomic mass is 10.3. The summed E-state index contributed by atoms with van der Waals surface area (Å²) in [5, 5.41) is 0. The molecular weight excluding hydrogens is 357 g/mol. The molecule has 0 saturated carbocycles. The average Bonchev–Trinajstić information content (AvgIpc) is 3.04. The molecule has 1 N–H and O–H groups in total. The minimum Gasteiger partial charge on any atom is -0.435 e.